The first-order valence-corrected chi connectivity index (χ1v) is 8.62. The van der Waals surface area contributed by atoms with Crippen LogP contribution < -0.4 is 0 Å². The molecular weight excluding hydrogens is 329 g/mol. The van der Waals surface area contributed by atoms with Crippen LogP contribution in [0.4, 0.5) is 0 Å². The van der Waals surface area contributed by atoms with E-state index in [1.807, 2.05) is 65.6 Å². The molecule has 1 amide bonds. The fourth-order valence-corrected chi connectivity index (χ4v) is 3.93. The molecule has 1 saturated heterocycles. The smallest absolute Gasteiger partial charge is 0.244 e. The van der Waals surface area contributed by atoms with Crippen LogP contribution in [0.5, 0.6) is 0 Å². The minimum atomic E-state index is -0.941. The van der Waals surface area contributed by atoms with E-state index < -0.39 is 4.87 Å². The van der Waals surface area contributed by atoms with Crippen LogP contribution in [0.25, 0.3) is 0 Å². The number of halogens is 2. The van der Waals surface area contributed by atoms with Crippen molar-refractivity contribution in [1.29, 1.82) is 0 Å². The Labute approximate surface area is 147 Å². The second kappa shape index (κ2) is 6.54. The maximum atomic E-state index is 12.9. The largest absolute Gasteiger partial charge is 0.330 e. The molecule has 0 unspecified atom stereocenters. The zero-order valence-corrected chi connectivity index (χ0v) is 14.5. The summed E-state index contributed by atoms with van der Waals surface area (Å²) >= 11 is 12.6. The van der Waals surface area contributed by atoms with Crippen molar-refractivity contribution in [3.8, 4) is 0 Å². The Kier molecular flexibility index (Phi) is 4.65. The highest BCUT2D eigenvalue weighted by Crippen LogP contribution is 2.41. The third-order valence-corrected chi connectivity index (χ3v) is 5.43. The Morgan fingerprint density at radius 3 is 1.96 bits per heavy atom. The van der Waals surface area contributed by atoms with E-state index in [0.29, 0.717) is 12.4 Å². The van der Waals surface area contributed by atoms with Crippen LogP contribution in [0.2, 0.25) is 0 Å². The lowest BCUT2D eigenvalue weighted by atomic mass is 9.97. The summed E-state index contributed by atoms with van der Waals surface area (Å²) in [5, 5.41) is 0. The van der Waals surface area contributed by atoms with Gasteiger partial charge in [-0.1, -0.05) is 60.7 Å². The van der Waals surface area contributed by atoms with Crippen LogP contribution in [0.3, 0.4) is 0 Å². The third-order valence-electron chi connectivity index (χ3n) is 4.59. The van der Waals surface area contributed by atoms with Crippen LogP contribution in [0.1, 0.15) is 24.1 Å². The molecule has 0 radical (unpaired) electrons. The molecule has 0 bridgehead atoms. The Bertz CT molecular complexity index is 633. The Morgan fingerprint density at radius 1 is 1.09 bits per heavy atom. The predicted molar refractivity (Wildman–Crippen MR) is 94.9 cm³/mol. The van der Waals surface area contributed by atoms with Gasteiger partial charge in [-0.05, 0) is 18.1 Å². The molecule has 3 rings (SSSR count). The highest BCUT2D eigenvalue weighted by Gasteiger charge is 2.51. The van der Waals surface area contributed by atoms with E-state index in [4.69, 9.17) is 23.2 Å². The van der Waals surface area contributed by atoms with Gasteiger partial charge >= 0.3 is 0 Å². The van der Waals surface area contributed by atoms with Gasteiger partial charge in [0.25, 0.3) is 0 Å². The molecule has 0 aliphatic carbocycles. The first kappa shape index (κ1) is 16.4. The van der Waals surface area contributed by atoms with E-state index in [2.05, 4.69) is 0 Å². The number of amides is 1. The second-order valence-corrected chi connectivity index (χ2v) is 7.20. The van der Waals surface area contributed by atoms with E-state index in [1.165, 1.54) is 0 Å². The maximum absolute atomic E-state index is 12.9. The van der Waals surface area contributed by atoms with E-state index in [1.54, 1.807) is 6.92 Å². The Balaban J connectivity index is 2.05. The molecule has 2 nitrogen and oxygen atoms in total. The van der Waals surface area contributed by atoms with Crippen molar-refractivity contribution >= 4 is 29.1 Å². The van der Waals surface area contributed by atoms with Crippen LogP contribution in [0.15, 0.2) is 60.7 Å². The molecule has 0 N–H and O–H groups in total. The number of benzene rings is 2. The first-order valence-electron chi connectivity index (χ1n) is 7.71. The van der Waals surface area contributed by atoms with Crippen molar-refractivity contribution in [2.45, 2.75) is 17.8 Å². The molecule has 23 heavy (non-hydrogen) atoms. The highest BCUT2D eigenvalue weighted by atomic mass is 35.5. The number of carbonyl (C=O) groups is 1. The molecule has 1 aliphatic rings. The summed E-state index contributed by atoms with van der Waals surface area (Å²) in [7, 11) is 0. The molecular formula is C19H19Cl2NO. The Hall–Kier alpha value is -1.51. The molecule has 1 heterocycles. The van der Waals surface area contributed by atoms with Gasteiger partial charge in [0.2, 0.25) is 5.91 Å². The minimum Gasteiger partial charge on any atom is -0.330 e. The number of nitrogens with zero attached hydrogens (tertiary/aromatic N) is 1. The van der Waals surface area contributed by atoms with Crippen molar-refractivity contribution < 1.29 is 4.79 Å². The van der Waals surface area contributed by atoms with Crippen LogP contribution in [-0.4, -0.2) is 28.1 Å². The number of hydrogen-bond acceptors (Lipinski definition) is 1. The number of likely N-dealkylation sites (tertiary alicyclic amines) is 1. The van der Waals surface area contributed by atoms with Crippen LogP contribution in [0, 0.1) is 5.92 Å². The molecule has 120 valence electrons. The zero-order chi connectivity index (χ0) is 16.4. The highest BCUT2D eigenvalue weighted by molar-refractivity contribution is 6.36. The average Bonchev–Trinajstić information content (AvgIpc) is 2.80. The summed E-state index contributed by atoms with van der Waals surface area (Å²) < 4.78 is 0. The van der Waals surface area contributed by atoms with E-state index in [9.17, 15) is 4.79 Å². The van der Waals surface area contributed by atoms with E-state index in [-0.39, 0.29) is 17.9 Å². The summed E-state index contributed by atoms with van der Waals surface area (Å²) in [5.74, 6) is 0.259. The van der Waals surface area contributed by atoms with Gasteiger partial charge in [0.15, 0.2) is 0 Å². The molecule has 2 aromatic carbocycles. The van der Waals surface area contributed by atoms with Gasteiger partial charge in [-0.2, -0.15) is 0 Å². The molecule has 0 saturated carbocycles. The van der Waals surface area contributed by atoms with Crippen molar-refractivity contribution in [2.24, 2.45) is 5.92 Å². The van der Waals surface area contributed by atoms with Gasteiger partial charge < -0.3 is 4.90 Å². The van der Waals surface area contributed by atoms with Crippen molar-refractivity contribution in [1.82, 2.24) is 4.90 Å². The van der Waals surface area contributed by atoms with Crippen LogP contribution in [-0.2, 0) is 4.79 Å². The second-order valence-electron chi connectivity index (χ2n) is 6.11. The SMILES string of the molecule is C[C@]1(Cl)C(=O)N(C(c2ccccc2)c2ccccc2)C[C@H]1CCl. The van der Waals surface area contributed by atoms with Gasteiger partial charge in [0.05, 0.1) is 6.04 Å². The lowest BCUT2D eigenvalue weighted by Gasteiger charge is -2.29. The maximum Gasteiger partial charge on any atom is 0.244 e. The molecule has 0 spiro atoms. The molecule has 0 aromatic heterocycles. The van der Waals surface area contributed by atoms with Gasteiger partial charge in [-0.3, -0.25) is 4.79 Å². The number of carbonyl (C=O) groups excluding carboxylic acids is 1. The average molecular weight is 348 g/mol. The molecule has 2 atom stereocenters. The topological polar surface area (TPSA) is 20.3 Å². The number of hydrogen-bond donors (Lipinski definition) is 0. The fourth-order valence-electron chi connectivity index (χ4n) is 3.19. The quantitative estimate of drug-likeness (QED) is 0.747. The number of rotatable bonds is 4. The molecule has 4 heteroatoms. The van der Waals surface area contributed by atoms with Gasteiger partial charge in [-0.15, -0.1) is 23.2 Å². The monoisotopic (exact) mass is 347 g/mol. The summed E-state index contributed by atoms with van der Waals surface area (Å²) in [6.45, 7) is 2.34. The number of alkyl halides is 2. The van der Waals surface area contributed by atoms with E-state index >= 15 is 0 Å². The van der Waals surface area contributed by atoms with Gasteiger partial charge in [0.1, 0.15) is 4.87 Å². The molecule has 1 aliphatic heterocycles. The third kappa shape index (κ3) is 2.98. The van der Waals surface area contributed by atoms with Gasteiger partial charge in [0, 0.05) is 18.3 Å². The van der Waals surface area contributed by atoms with E-state index in [0.717, 1.165) is 11.1 Å². The molecule has 1 fully saturated rings. The summed E-state index contributed by atoms with van der Waals surface area (Å²) in [6.07, 6.45) is 0. The summed E-state index contributed by atoms with van der Waals surface area (Å²) in [6, 6.07) is 20.0. The van der Waals surface area contributed by atoms with Gasteiger partial charge in [-0.25, -0.2) is 0 Å². The fraction of sp³-hybridized carbons (Fsp3) is 0.316. The Morgan fingerprint density at radius 2 is 1.57 bits per heavy atom. The minimum absolute atomic E-state index is 0.0532. The zero-order valence-electron chi connectivity index (χ0n) is 13.0. The summed E-state index contributed by atoms with van der Waals surface area (Å²) in [4.78, 5) is 13.8. The summed E-state index contributed by atoms with van der Waals surface area (Å²) in [5.41, 5.74) is 2.16. The lowest BCUT2D eigenvalue weighted by molar-refractivity contribution is -0.131. The predicted octanol–water partition coefficient (Wildman–Crippen LogP) is 4.47. The first-order chi connectivity index (χ1) is 11.1. The van der Waals surface area contributed by atoms with Crippen molar-refractivity contribution in [3.63, 3.8) is 0 Å². The van der Waals surface area contributed by atoms with Crippen molar-refractivity contribution in [3.05, 3.63) is 71.8 Å². The molecule has 2 aromatic rings. The van der Waals surface area contributed by atoms with Crippen LogP contribution >= 0.6 is 23.2 Å². The normalized spacial score (nSPS) is 24.4. The standard InChI is InChI=1S/C19H19Cl2NO/c1-19(21)16(12-20)13-22(18(19)23)17(14-8-4-2-5-9-14)15-10-6-3-7-11-15/h2-11,16-17H,12-13H2,1H3/t16-,19-/m1/s1. The lowest BCUT2D eigenvalue weighted by Crippen LogP contribution is -2.37. The van der Waals surface area contributed by atoms with Crippen molar-refractivity contribution in [2.75, 3.05) is 12.4 Å².